The van der Waals surface area contributed by atoms with Crippen molar-refractivity contribution in [1.82, 2.24) is 5.32 Å². The summed E-state index contributed by atoms with van der Waals surface area (Å²) in [6.45, 7) is 2.82. The van der Waals surface area contributed by atoms with Crippen LogP contribution in [-0.2, 0) is 23.7 Å². The number of carbonyl (C=O) groups excluding carboxylic acids is 1. The van der Waals surface area contributed by atoms with Crippen molar-refractivity contribution in [2.24, 2.45) is 0 Å². The monoisotopic (exact) mass is 1090 g/mol. The van der Waals surface area contributed by atoms with Crippen LogP contribution in [0.3, 0.4) is 0 Å². The number of carbonyl (C=O) groups is 1. The fourth-order valence-electron chi connectivity index (χ4n) is 10.8. The summed E-state index contributed by atoms with van der Waals surface area (Å²) < 4.78 is 22.8. The van der Waals surface area contributed by atoms with Gasteiger partial charge in [0.25, 0.3) is 0 Å². The van der Waals surface area contributed by atoms with Crippen molar-refractivity contribution in [2.45, 2.75) is 357 Å². The number of aliphatic hydroxyl groups excluding tert-OH is 8. The van der Waals surface area contributed by atoms with Crippen LogP contribution in [0.5, 0.6) is 0 Å². The zero-order valence-corrected chi connectivity index (χ0v) is 48.5. The van der Waals surface area contributed by atoms with Gasteiger partial charge in [-0.2, -0.15) is 0 Å². The van der Waals surface area contributed by atoms with Crippen LogP contribution in [0.2, 0.25) is 0 Å². The number of unbranched alkanes of at least 4 members (excludes halogenated alkanes) is 39. The van der Waals surface area contributed by atoms with Crippen molar-refractivity contribution >= 4 is 5.91 Å². The highest BCUT2D eigenvalue weighted by atomic mass is 16.7. The number of allylic oxidation sites excluding steroid dienone is 1. The summed E-state index contributed by atoms with van der Waals surface area (Å²) in [4.78, 5) is 13.2. The second kappa shape index (κ2) is 48.4. The Morgan fingerprint density at radius 1 is 0.461 bits per heavy atom. The van der Waals surface area contributed by atoms with E-state index in [9.17, 15) is 45.6 Å². The van der Waals surface area contributed by atoms with Gasteiger partial charge in [0.1, 0.15) is 48.8 Å². The van der Waals surface area contributed by atoms with Gasteiger partial charge >= 0.3 is 0 Å². The van der Waals surface area contributed by atoms with E-state index in [2.05, 4.69) is 19.2 Å². The van der Waals surface area contributed by atoms with Crippen molar-refractivity contribution in [3.05, 3.63) is 12.2 Å². The fraction of sp³-hybridized carbons (Fsp3) is 0.952. The van der Waals surface area contributed by atoms with E-state index in [1.165, 1.54) is 218 Å². The van der Waals surface area contributed by atoms with E-state index in [1.807, 2.05) is 6.08 Å². The fourth-order valence-corrected chi connectivity index (χ4v) is 10.8. The first-order valence-electron chi connectivity index (χ1n) is 31.9. The first-order chi connectivity index (χ1) is 37.1. The second-order valence-corrected chi connectivity index (χ2v) is 22.9. The third-order valence-electron chi connectivity index (χ3n) is 16.0. The molecule has 9 N–H and O–H groups in total. The highest BCUT2D eigenvalue weighted by Gasteiger charge is 2.51. The summed E-state index contributed by atoms with van der Waals surface area (Å²) in [5, 5.41) is 87.0. The van der Waals surface area contributed by atoms with Crippen LogP contribution in [0.25, 0.3) is 0 Å². The summed E-state index contributed by atoms with van der Waals surface area (Å²) in [6, 6.07) is -0.909. The van der Waals surface area contributed by atoms with Crippen molar-refractivity contribution in [3.63, 3.8) is 0 Å². The van der Waals surface area contributed by atoms with Crippen LogP contribution < -0.4 is 5.32 Å². The van der Waals surface area contributed by atoms with E-state index >= 15 is 0 Å². The number of amides is 1. The van der Waals surface area contributed by atoms with Crippen molar-refractivity contribution in [1.29, 1.82) is 0 Å². The Balaban J connectivity index is 1.63. The van der Waals surface area contributed by atoms with Gasteiger partial charge in [-0.05, 0) is 19.3 Å². The highest BCUT2D eigenvalue weighted by Crippen LogP contribution is 2.30. The van der Waals surface area contributed by atoms with Gasteiger partial charge in [0.05, 0.1) is 32.0 Å². The lowest BCUT2D eigenvalue weighted by Gasteiger charge is -2.46. The molecule has 2 fully saturated rings. The molecule has 0 aromatic heterocycles. The second-order valence-electron chi connectivity index (χ2n) is 22.9. The standard InChI is InChI=1S/C62H119NO13/c1-3-5-7-9-11-13-15-17-18-19-20-21-22-23-24-25-26-27-28-29-30-31-32-33-34-36-38-40-42-44-46-54(67)63-50(51(66)45-43-41-39-37-35-16-14-12-10-8-6-4-2)49-73-61-59(72)57(70)60(53(48-65)75-61)76-62-58(71)56(69)55(68)52(47-64)74-62/h43,45,50-53,55-62,64-66,68-72H,3-42,44,46-49H2,1-2H3,(H,63,67)/b45-43+. The molecule has 0 aromatic rings. The van der Waals surface area contributed by atoms with E-state index in [0.717, 1.165) is 38.5 Å². The van der Waals surface area contributed by atoms with Gasteiger partial charge in [0, 0.05) is 6.42 Å². The Labute approximate surface area is 463 Å². The molecule has 14 heteroatoms. The Bertz CT molecular complexity index is 1330. The van der Waals surface area contributed by atoms with Gasteiger partial charge in [-0.15, -0.1) is 0 Å². The van der Waals surface area contributed by atoms with Crippen LogP contribution in [0.1, 0.15) is 284 Å². The maximum atomic E-state index is 13.2. The molecule has 0 bridgehead atoms. The molecule has 1 amide bonds. The predicted octanol–water partition coefficient (Wildman–Crippen LogP) is 11.5. The van der Waals surface area contributed by atoms with Crippen molar-refractivity contribution in [2.75, 3.05) is 19.8 Å². The minimum atomic E-state index is -1.79. The van der Waals surface area contributed by atoms with Crippen LogP contribution in [0.15, 0.2) is 12.2 Å². The molecule has 0 aliphatic carbocycles. The van der Waals surface area contributed by atoms with Crippen molar-refractivity contribution < 1.29 is 64.6 Å². The predicted molar refractivity (Wildman–Crippen MR) is 305 cm³/mol. The highest BCUT2D eigenvalue weighted by molar-refractivity contribution is 5.76. The lowest BCUT2D eigenvalue weighted by Crippen LogP contribution is -2.65. The molecular formula is C62H119NO13. The van der Waals surface area contributed by atoms with Gasteiger partial charge in [-0.3, -0.25) is 4.79 Å². The van der Waals surface area contributed by atoms with Crippen molar-refractivity contribution in [3.8, 4) is 0 Å². The van der Waals surface area contributed by atoms with Crippen LogP contribution in [0.4, 0.5) is 0 Å². The topological polar surface area (TPSA) is 228 Å². The Morgan fingerprint density at radius 2 is 0.816 bits per heavy atom. The molecule has 450 valence electrons. The summed E-state index contributed by atoms with van der Waals surface area (Å²) in [5.41, 5.74) is 0. The molecule has 0 saturated carbocycles. The molecule has 0 spiro atoms. The van der Waals surface area contributed by atoms with Gasteiger partial charge in [-0.25, -0.2) is 0 Å². The van der Waals surface area contributed by atoms with Gasteiger partial charge in [0.15, 0.2) is 12.6 Å². The summed E-state index contributed by atoms with van der Waals surface area (Å²) >= 11 is 0. The van der Waals surface area contributed by atoms with E-state index in [1.54, 1.807) is 6.08 Å². The average Bonchev–Trinajstić information content (AvgIpc) is 3.42. The molecule has 0 aromatic carbocycles. The van der Waals surface area contributed by atoms with Crippen LogP contribution in [0, 0.1) is 0 Å². The third-order valence-corrected chi connectivity index (χ3v) is 16.0. The number of ether oxygens (including phenoxy) is 4. The number of hydrogen-bond acceptors (Lipinski definition) is 13. The molecule has 2 aliphatic heterocycles. The Morgan fingerprint density at radius 3 is 1.21 bits per heavy atom. The molecule has 14 nitrogen and oxygen atoms in total. The third kappa shape index (κ3) is 33.5. The van der Waals surface area contributed by atoms with Crippen LogP contribution >= 0.6 is 0 Å². The summed E-state index contributed by atoms with van der Waals surface area (Å²) in [5.74, 6) is -0.234. The minimum Gasteiger partial charge on any atom is -0.394 e. The smallest absolute Gasteiger partial charge is 0.220 e. The van der Waals surface area contributed by atoms with E-state index in [4.69, 9.17) is 18.9 Å². The Hall–Kier alpha value is -1.27. The van der Waals surface area contributed by atoms with E-state index in [-0.39, 0.29) is 18.9 Å². The molecule has 0 radical (unpaired) electrons. The summed E-state index contributed by atoms with van der Waals surface area (Å²) in [7, 11) is 0. The molecule has 2 aliphatic rings. The lowest BCUT2D eigenvalue weighted by molar-refractivity contribution is -0.359. The average molecular weight is 1090 g/mol. The molecule has 12 atom stereocenters. The molecule has 2 saturated heterocycles. The minimum absolute atomic E-state index is 0.234. The maximum absolute atomic E-state index is 13.2. The molecular weight excluding hydrogens is 967 g/mol. The lowest BCUT2D eigenvalue weighted by atomic mass is 9.97. The number of nitrogens with one attached hydrogen (secondary N) is 1. The first-order valence-corrected chi connectivity index (χ1v) is 31.9. The molecule has 12 unspecified atom stereocenters. The zero-order valence-electron chi connectivity index (χ0n) is 48.5. The molecule has 76 heavy (non-hydrogen) atoms. The summed E-state index contributed by atoms with van der Waals surface area (Å²) in [6.07, 6.45) is 40.0. The first kappa shape index (κ1) is 70.8. The quantitative estimate of drug-likeness (QED) is 0.0204. The number of aliphatic hydroxyl groups is 8. The van der Waals surface area contributed by atoms with E-state index < -0.39 is 86.8 Å². The number of rotatable bonds is 52. The normalized spacial score (nSPS) is 24.9. The molecule has 2 rings (SSSR count). The maximum Gasteiger partial charge on any atom is 0.220 e. The number of hydrogen-bond donors (Lipinski definition) is 9. The molecule has 2 heterocycles. The van der Waals surface area contributed by atoms with Gasteiger partial charge in [0.2, 0.25) is 5.91 Å². The van der Waals surface area contributed by atoms with Crippen LogP contribution in [-0.4, -0.2) is 140 Å². The SMILES string of the molecule is CCCCCCCCCCCC/C=C/C(O)C(COC1OC(CO)C(OC2OC(CO)C(O)C(O)C2O)C(O)C1O)NC(=O)CCCCCCCCCCCCCCCCCCCCCCCCCCCCCCCC. The van der Waals surface area contributed by atoms with Gasteiger partial charge < -0.3 is 65.1 Å². The Kier molecular flexibility index (Phi) is 45.1. The zero-order chi connectivity index (χ0) is 55.3. The largest absolute Gasteiger partial charge is 0.394 e. The van der Waals surface area contributed by atoms with Gasteiger partial charge in [-0.1, -0.05) is 270 Å². The van der Waals surface area contributed by atoms with E-state index in [0.29, 0.717) is 6.42 Å².